The molecule has 0 saturated heterocycles. The molecular weight excluding hydrogens is 281 g/mol. The molecule has 0 N–H and O–H groups in total. The van der Waals surface area contributed by atoms with Crippen molar-refractivity contribution in [2.24, 2.45) is 7.05 Å². The van der Waals surface area contributed by atoms with Crippen molar-refractivity contribution in [1.82, 2.24) is 14.7 Å². The number of nitrogens with zero attached hydrogens (tertiary/aromatic N) is 3. The molecule has 1 aliphatic carbocycles. The largest absolute Gasteiger partial charge is 0.295 e. The summed E-state index contributed by atoms with van der Waals surface area (Å²) < 4.78 is 1.76. The predicted molar refractivity (Wildman–Crippen MR) is 81.0 cm³/mol. The monoisotopic (exact) mass is 303 g/mol. The fourth-order valence-electron chi connectivity index (χ4n) is 3.00. The van der Waals surface area contributed by atoms with Crippen LogP contribution in [0.1, 0.15) is 43.4 Å². The van der Waals surface area contributed by atoms with Crippen molar-refractivity contribution in [3.63, 3.8) is 0 Å². The lowest BCUT2D eigenvalue weighted by Crippen LogP contribution is -2.37. The molecule has 0 atom stereocenters. The Bertz CT molecular complexity index is 411. The number of aromatic nitrogens is 2. The Morgan fingerprint density at radius 3 is 2.53 bits per heavy atom. The molecule has 1 saturated carbocycles. The van der Waals surface area contributed by atoms with E-state index in [0.717, 1.165) is 29.5 Å². The molecule has 1 fully saturated rings. The summed E-state index contributed by atoms with van der Waals surface area (Å²) in [5, 5.41) is 5.15. The van der Waals surface area contributed by atoms with E-state index in [9.17, 15) is 0 Å². The van der Waals surface area contributed by atoms with Crippen molar-refractivity contribution in [3.8, 4) is 0 Å². The molecule has 108 valence electrons. The van der Waals surface area contributed by atoms with Gasteiger partial charge in [-0.25, -0.2) is 0 Å². The van der Waals surface area contributed by atoms with E-state index in [1.54, 1.807) is 4.68 Å². The number of hydrogen-bond acceptors (Lipinski definition) is 2. The van der Waals surface area contributed by atoms with Gasteiger partial charge in [-0.05, 0) is 19.8 Å². The summed E-state index contributed by atoms with van der Waals surface area (Å²) in [6, 6.07) is 0.656. The summed E-state index contributed by atoms with van der Waals surface area (Å²) in [7, 11) is 1.89. The van der Waals surface area contributed by atoms with Crippen LogP contribution in [-0.4, -0.2) is 33.1 Å². The molecule has 1 aromatic rings. The van der Waals surface area contributed by atoms with Gasteiger partial charge in [0.05, 0.1) is 5.69 Å². The molecule has 1 aromatic heterocycles. The van der Waals surface area contributed by atoms with Crippen LogP contribution < -0.4 is 0 Å². The molecule has 3 nitrogen and oxygen atoms in total. The van der Waals surface area contributed by atoms with Gasteiger partial charge in [0.25, 0.3) is 0 Å². The first-order valence-electron chi connectivity index (χ1n) is 7.11. The van der Waals surface area contributed by atoms with Crippen molar-refractivity contribution in [2.45, 2.75) is 51.6 Å². The molecule has 0 radical (unpaired) electrons. The smallest absolute Gasteiger partial charge is 0.131 e. The molecule has 19 heavy (non-hydrogen) atoms. The number of aryl methyl sites for hydroxylation is 2. The highest BCUT2D eigenvalue weighted by atomic mass is 35.5. The molecule has 0 amide bonds. The van der Waals surface area contributed by atoms with Gasteiger partial charge in [-0.1, -0.05) is 30.9 Å². The van der Waals surface area contributed by atoms with E-state index < -0.39 is 0 Å². The normalized spacial score (nSPS) is 17.3. The van der Waals surface area contributed by atoms with Gasteiger partial charge in [-0.15, -0.1) is 11.6 Å². The second-order valence-corrected chi connectivity index (χ2v) is 6.17. The Hall–Kier alpha value is -0.250. The predicted octanol–water partition coefficient (Wildman–Crippen LogP) is 3.76. The van der Waals surface area contributed by atoms with Crippen LogP contribution in [-0.2, 0) is 13.6 Å². The van der Waals surface area contributed by atoms with Crippen LogP contribution in [0.4, 0.5) is 0 Å². The van der Waals surface area contributed by atoms with E-state index in [2.05, 4.69) is 10.00 Å². The average Bonchev–Trinajstić information content (AvgIpc) is 2.65. The Kier molecular flexibility index (Phi) is 5.55. The number of halogens is 2. The minimum atomic E-state index is 0.656. The van der Waals surface area contributed by atoms with E-state index in [4.69, 9.17) is 23.2 Å². The van der Waals surface area contributed by atoms with E-state index in [-0.39, 0.29) is 0 Å². The minimum Gasteiger partial charge on any atom is -0.295 e. The highest BCUT2D eigenvalue weighted by Crippen LogP contribution is 2.27. The molecule has 1 heterocycles. The van der Waals surface area contributed by atoms with Crippen molar-refractivity contribution in [1.29, 1.82) is 0 Å². The zero-order valence-electron chi connectivity index (χ0n) is 11.8. The van der Waals surface area contributed by atoms with Crippen LogP contribution >= 0.6 is 23.2 Å². The maximum Gasteiger partial charge on any atom is 0.131 e. The Morgan fingerprint density at radius 2 is 2.00 bits per heavy atom. The van der Waals surface area contributed by atoms with Gasteiger partial charge >= 0.3 is 0 Å². The Labute approximate surface area is 125 Å². The lowest BCUT2D eigenvalue weighted by molar-refractivity contribution is 0.157. The quantitative estimate of drug-likeness (QED) is 0.772. The Balaban J connectivity index is 2.11. The van der Waals surface area contributed by atoms with Gasteiger partial charge in [-0.2, -0.15) is 5.10 Å². The first kappa shape index (κ1) is 15.1. The molecule has 0 bridgehead atoms. The summed E-state index contributed by atoms with van der Waals surface area (Å²) >= 11 is 12.3. The van der Waals surface area contributed by atoms with Gasteiger partial charge in [-0.3, -0.25) is 9.58 Å². The summed E-state index contributed by atoms with van der Waals surface area (Å²) in [5.74, 6) is 0.674. The highest BCUT2D eigenvalue weighted by Gasteiger charge is 2.23. The molecule has 0 spiro atoms. The second-order valence-electron chi connectivity index (χ2n) is 5.43. The maximum absolute atomic E-state index is 6.34. The molecule has 2 rings (SSSR count). The number of alkyl halides is 1. The zero-order chi connectivity index (χ0) is 13.8. The van der Waals surface area contributed by atoms with Crippen LogP contribution in [0, 0.1) is 6.92 Å². The van der Waals surface area contributed by atoms with Crippen molar-refractivity contribution >= 4 is 23.2 Å². The molecule has 1 aliphatic rings. The van der Waals surface area contributed by atoms with Crippen molar-refractivity contribution in [3.05, 3.63) is 16.4 Å². The maximum atomic E-state index is 6.34. The van der Waals surface area contributed by atoms with Gasteiger partial charge in [0.2, 0.25) is 0 Å². The van der Waals surface area contributed by atoms with Gasteiger partial charge in [0.15, 0.2) is 0 Å². The van der Waals surface area contributed by atoms with E-state index in [1.165, 1.54) is 32.1 Å². The third-order valence-electron chi connectivity index (χ3n) is 4.09. The van der Waals surface area contributed by atoms with Crippen molar-refractivity contribution in [2.75, 3.05) is 12.4 Å². The Morgan fingerprint density at radius 1 is 1.32 bits per heavy atom. The van der Waals surface area contributed by atoms with Crippen LogP contribution in [0.2, 0.25) is 5.15 Å². The SMILES string of the molecule is Cc1nn(C)c(Cl)c1CN(CCCl)C1CCCCC1. The van der Waals surface area contributed by atoms with Crippen LogP contribution in [0.25, 0.3) is 0 Å². The molecular formula is C14H23Cl2N3. The highest BCUT2D eigenvalue weighted by molar-refractivity contribution is 6.30. The minimum absolute atomic E-state index is 0.656. The van der Waals surface area contributed by atoms with E-state index in [0.29, 0.717) is 11.9 Å². The van der Waals surface area contributed by atoms with Crippen molar-refractivity contribution < 1.29 is 0 Å². The molecule has 0 aromatic carbocycles. The van der Waals surface area contributed by atoms with Crippen LogP contribution in [0.3, 0.4) is 0 Å². The first-order valence-corrected chi connectivity index (χ1v) is 8.02. The summed E-state index contributed by atoms with van der Waals surface area (Å²) in [6.07, 6.45) is 6.62. The summed E-state index contributed by atoms with van der Waals surface area (Å²) in [6.45, 7) is 3.83. The standard InChI is InChI=1S/C14H23Cl2N3/c1-11-13(14(16)18(2)17-11)10-19(9-8-15)12-6-4-3-5-7-12/h12H,3-10H2,1-2H3. The third-order valence-corrected chi connectivity index (χ3v) is 4.74. The topological polar surface area (TPSA) is 21.1 Å². The summed E-state index contributed by atoms with van der Waals surface area (Å²) in [5.41, 5.74) is 2.18. The fraction of sp³-hybridized carbons (Fsp3) is 0.786. The van der Waals surface area contributed by atoms with Gasteiger partial charge in [0, 0.05) is 37.6 Å². The number of hydrogen-bond donors (Lipinski definition) is 0. The fourth-order valence-corrected chi connectivity index (χ4v) is 3.45. The molecule has 5 heteroatoms. The van der Waals surface area contributed by atoms with E-state index in [1.807, 2.05) is 14.0 Å². The molecule has 0 unspecified atom stereocenters. The molecule has 0 aliphatic heterocycles. The number of rotatable bonds is 5. The summed E-state index contributed by atoms with van der Waals surface area (Å²) in [4.78, 5) is 2.49. The first-order chi connectivity index (χ1) is 9.13. The lowest BCUT2D eigenvalue weighted by Gasteiger charge is -2.34. The second kappa shape index (κ2) is 6.96. The average molecular weight is 304 g/mol. The van der Waals surface area contributed by atoms with Gasteiger partial charge in [0.1, 0.15) is 5.15 Å². The van der Waals surface area contributed by atoms with Crippen LogP contribution in [0.15, 0.2) is 0 Å². The lowest BCUT2D eigenvalue weighted by atomic mass is 9.94. The third kappa shape index (κ3) is 3.65. The van der Waals surface area contributed by atoms with E-state index >= 15 is 0 Å². The van der Waals surface area contributed by atoms with Gasteiger partial charge < -0.3 is 0 Å². The zero-order valence-corrected chi connectivity index (χ0v) is 13.3. The van der Waals surface area contributed by atoms with Crippen LogP contribution in [0.5, 0.6) is 0 Å².